The van der Waals surface area contributed by atoms with Crippen LogP contribution in [-0.2, 0) is 12.7 Å². The second-order valence-electron chi connectivity index (χ2n) is 7.46. The molecule has 0 saturated heterocycles. The smallest absolute Gasteiger partial charge is 0.366 e. The number of hydrogen-bond donors (Lipinski definition) is 2. The average Bonchev–Trinajstić information content (AvgIpc) is 3.43. The number of carbonyl (C=O) groups excluding carboxylic acids is 2. The van der Waals surface area contributed by atoms with Gasteiger partial charge in [0, 0.05) is 10.7 Å². The van der Waals surface area contributed by atoms with Crippen LogP contribution in [0, 0.1) is 6.92 Å². The third kappa shape index (κ3) is 5.23. The summed E-state index contributed by atoms with van der Waals surface area (Å²) in [6.45, 7) is 1.39. The molecule has 2 amide bonds. The Morgan fingerprint density at radius 1 is 1.22 bits per heavy atom. The molecule has 0 bridgehead atoms. The lowest BCUT2D eigenvalue weighted by atomic mass is 10.1. The summed E-state index contributed by atoms with van der Waals surface area (Å²) in [4.78, 5) is 30.2. The van der Waals surface area contributed by atoms with E-state index in [1.807, 2.05) is 0 Å². The molecule has 36 heavy (non-hydrogen) atoms. The fourth-order valence-corrected chi connectivity index (χ4v) is 4.07. The van der Waals surface area contributed by atoms with Crippen LogP contribution in [0.5, 0.6) is 0 Å². The van der Waals surface area contributed by atoms with Crippen LogP contribution < -0.4 is 11.1 Å². The maximum absolute atomic E-state index is 13.3. The van der Waals surface area contributed by atoms with Crippen molar-refractivity contribution in [1.82, 2.24) is 29.8 Å². The molecular weight excluding hydrogens is 569 g/mol. The Bertz CT molecular complexity index is 1480. The maximum Gasteiger partial charge on any atom is 0.436 e. The lowest BCUT2D eigenvalue weighted by Crippen LogP contribution is -2.21. The van der Waals surface area contributed by atoms with Crippen molar-refractivity contribution in [2.75, 3.05) is 5.32 Å². The number of halogens is 5. The number of aryl methyl sites for hydroxylation is 1. The largest absolute Gasteiger partial charge is 0.436 e. The first-order valence-electron chi connectivity index (χ1n) is 10.0. The number of hydrogen-bond acceptors (Lipinski definition) is 6. The molecule has 0 unspecified atom stereocenters. The highest BCUT2D eigenvalue weighted by molar-refractivity contribution is 9.10. The fraction of sp³-hybridized carbons (Fsp3) is 0.143. The third-order valence-corrected chi connectivity index (χ3v) is 5.62. The molecule has 4 aromatic rings. The molecule has 3 N–H and O–H groups in total. The Balaban J connectivity index is 1.75. The lowest BCUT2D eigenvalue weighted by Gasteiger charge is -2.14. The van der Waals surface area contributed by atoms with Crippen molar-refractivity contribution in [3.8, 4) is 5.82 Å². The van der Waals surface area contributed by atoms with Crippen LogP contribution in [0.2, 0.25) is 5.02 Å². The number of benzene rings is 1. The molecule has 3 aromatic heterocycles. The van der Waals surface area contributed by atoms with Crippen molar-refractivity contribution in [3.05, 3.63) is 80.4 Å². The van der Waals surface area contributed by atoms with Crippen molar-refractivity contribution >= 4 is 45.0 Å². The molecule has 3 heterocycles. The molecule has 1 aromatic carbocycles. The summed E-state index contributed by atoms with van der Waals surface area (Å²) in [5.74, 6) is -1.36. The first-order chi connectivity index (χ1) is 16.9. The number of primary amides is 1. The summed E-state index contributed by atoms with van der Waals surface area (Å²) in [5.41, 5.74) is 5.19. The topological polar surface area (TPSA) is 134 Å². The Morgan fingerprint density at radius 3 is 2.61 bits per heavy atom. The molecule has 0 radical (unpaired) electrons. The minimum atomic E-state index is -4.66. The number of aromatic nitrogens is 6. The van der Waals surface area contributed by atoms with Crippen LogP contribution in [0.4, 0.5) is 18.9 Å². The zero-order valence-electron chi connectivity index (χ0n) is 18.2. The van der Waals surface area contributed by atoms with Gasteiger partial charge in [-0.1, -0.05) is 27.5 Å². The standard InChI is InChI=1S/C21H15BrClF3N8O2/c1-10-5-11(22)6-13(18(27)35)17(10)30-20(36)15-7-12(9-33-29-8-16(32-33)21(24,25)26)31-34(15)19-14(23)3-2-4-28-19/h2-8H,9H2,1H3,(H2,27,35)(H,30,36). The van der Waals surface area contributed by atoms with Gasteiger partial charge in [0.25, 0.3) is 11.8 Å². The average molecular weight is 584 g/mol. The Kier molecular flexibility index (Phi) is 6.82. The second-order valence-corrected chi connectivity index (χ2v) is 8.79. The van der Waals surface area contributed by atoms with Crippen molar-refractivity contribution < 1.29 is 22.8 Å². The van der Waals surface area contributed by atoms with Gasteiger partial charge in [-0.15, -0.1) is 5.10 Å². The van der Waals surface area contributed by atoms with Crippen molar-refractivity contribution in [2.45, 2.75) is 19.6 Å². The van der Waals surface area contributed by atoms with E-state index in [9.17, 15) is 22.8 Å². The zero-order chi connectivity index (χ0) is 26.2. The molecule has 15 heteroatoms. The van der Waals surface area contributed by atoms with Crippen LogP contribution in [0.25, 0.3) is 5.82 Å². The normalized spacial score (nSPS) is 11.5. The van der Waals surface area contributed by atoms with Crippen molar-refractivity contribution in [2.24, 2.45) is 5.73 Å². The van der Waals surface area contributed by atoms with Gasteiger partial charge in [-0.25, -0.2) is 9.67 Å². The van der Waals surface area contributed by atoms with Crippen LogP contribution in [-0.4, -0.2) is 41.6 Å². The molecule has 0 spiro atoms. The molecule has 0 aliphatic rings. The van der Waals surface area contributed by atoms with Crippen molar-refractivity contribution in [3.63, 3.8) is 0 Å². The number of alkyl halides is 3. The molecule has 0 atom stereocenters. The van der Waals surface area contributed by atoms with E-state index in [0.29, 0.717) is 16.2 Å². The molecule has 0 aliphatic heterocycles. The number of carbonyl (C=O) groups is 2. The summed E-state index contributed by atoms with van der Waals surface area (Å²) in [6.07, 6.45) is -2.65. The van der Waals surface area contributed by atoms with Gasteiger partial charge >= 0.3 is 6.18 Å². The number of anilines is 1. The number of nitrogens with one attached hydrogen (secondary N) is 1. The third-order valence-electron chi connectivity index (χ3n) is 4.87. The van der Waals surface area contributed by atoms with Gasteiger partial charge in [0.05, 0.1) is 28.2 Å². The van der Waals surface area contributed by atoms with Crippen LogP contribution in [0.3, 0.4) is 0 Å². The highest BCUT2D eigenvalue weighted by atomic mass is 79.9. The Hall–Kier alpha value is -3.78. The van der Waals surface area contributed by atoms with E-state index < -0.39 is 23.7 Å². The predicted octanol–water partition coefficient (Wildman–Crippen LogP) is 4.00. The highest BCUT2D eigenvalue weighted by Crippen LogP contribution is 2.28. The predicted molar refractivity (Wildman–Crippen MR) is 126 cm³/mol. The van der Waals surface area contributed by atoms with Gasteiger partial charge in [-0.2, -0.15) is 28.2 Å². The summed E-state index contributed by atoms with van der Waals surface area (Å²) < 4.78 is 40.4. The van der Waals surface area contributed by atoms with Crippen LogP contribution in [0.1, 0.15) is 37.8 Å². The number of nitrogens with two attached hydrogens (primary N) is 1. The number of pyridine rings is 1. The van der Waals surface area contributed by atoms with E-state index in [-0.39, 0.29) is 40.0 Å². The minimum absolute atomic E-state index is 0.0634. The van der Waals surface area contributed by atoms with E-state index in [4.69, 9.17) is 17.3 Å². The summed E-state index contributed by atoms with van der Waals surface area (Å²) in [7, 11) is 0. The van der Waals surface area contributed by atoms with Crippen LogP contribution >= 0.6 is 27.5 Å². The van der Waals surface area contributed by atoms with Gasteiger partial charge < -0.3 is 11.1 Å². The van der Waals surface area contributed by atoms with E-state index in [1.165, 1.54) is 24.4 Å². The summed E-state index contributed by atoms with van der Waals surface area (Å²) in [5, 5.41) is 14.1. The van der Waals surface area contributed by atoms with E-state index in [2.05, 4.69) is 41.5 Å². The Morgan fingerprint density at radius 2 is 1.97 bits per heavy atom. The minimum Gasteiger partial charge on any atom is -0.366 e. The number of nitrogens with zero attached hydrogens (tertiary/aromatic N) is 6. The first-order valence-corrected chi connectivity index (χ1v) is 11.2. The molecule has 4 rings (SSSR count). The van der Waals surface area contributed by atoms with Crippen molar-refractivity contribution in [1.29, 1.82) is 0 Å². The van der Waals surface area contributed by atoms with E-state index in [0.717, 1.165) is 9.48 Å². The molecule has 0 aliphatic carbocycles. The van der Waals surface area contributed by atoms with Gasteiger partial charge in [0.2, 0.25) is 0 Å². The number of rotatable bonds is 6. The van der Waals surface area contributed by atoms with E-state index in [1.54, 1.807) is 19.1 Å². The molecular formula is C21H15BrClF3N8O2. The second kappa shape index (κ2) is 9.70. The maximum atomic E-state index is 13.3. The van der Waals surface area contributed by atoms with Gasteiger partial charge in [0.1, 0.15) is 12.2 Å². The van der Waals surface area contributed by atoms with Gasteiger partial charge in [0.15, 0.2) is 11.5 Å². The zero-order valence-corrected chi connectivity index (χ0v) is 20.6. The fourth-order valence-electron chi connectivity index (χ4n) is 3.29. The highest BCUT2D eigenvalue weighted by Gasteiger charge is 2.34. The summed E-state index contributed by atoms with van der Waals surface area (Å²) in [6, 6.07) is 7.58. The quantitative estimate of drug-likeness (QED) is 0.353. The van der Waals surface area contributed by atoms with Gasteiger partial charge in [-0.05, 0) is 42.8 Å². The van der Waals surface area contributed by atoms with E-state index >= 15 is 0 Å². The van der Waals surface area contributed by atoms with Gasteiger partial charge in [-0.3, -0.25) is 9.59 Å². The Labute approximate surface area is 214 Å². The molecule has 186 valence electrons. The molecule has 0 fully saturated rings. The monoisotopic (exact) mass is 582 g/mol. The number of amides is 2. The first kappa shape index (κ1) is 25.3. The molecule has 0 saturated carbocycles. The lowest BCUT2D eigenvalue weighted by molar-refractivity contribution is -0.141. The summed E-state index contributed by atoms with van der Waals surface area (Å²) >= 11 is 9.54. The molecule has 10 nitrogen and oxygen atoms in total. The van der Waals surface area contributed by atoms with Crippen LogP contribution in [0.15, 0.2) is 47.2 Å². The SMILES string of the molecule is Cc1cc(Br)cc(C(N)=O)c1NC(=O)c1cc(Cn2ncc(C(F)(F)F)n2)nn1-c1ncccc1Cl.